The minimum absolute atomic E-state index is 0.200. The van der Waals surface area contributed by atoms with E-state index in [9.17, 15) is 0 Å². The molecule has 1 aromatic carbocycles. The average Bonchev–Trinajstić information content (AvgIpc) is 2.16. The van der Waals surface area contributed by atoms with E-state index in [-0.39, 0.29) is 4.95 Å². The Bertz CT molecular complexity index is 302. The van der Waals surface area contributed by atoms with Crippen molar-refractivity contribution in [2.75, 3.05) is 14.2 Å². The van der Waals surface area contributed by atoms with Crippen LogP contribution in [0.4, 0.5) is 0 Å². The molecule has 0 amide bonds. The lowest BCUT2D eigenvalue weighted by Gasteiger charge is -2.14. The molecule has 0 aliphatic rings. The minimum atomic E-state index is 0.200. The zero-order valence-electron chi connectivity index (χ0n) is 9.02. The summed E-state index contributed by atoms with van der Waals surface area (Å²) in [5.41, 5.74) is 3.56. The highest BCUT2D eigenvalue weighted by Gasteiger charge is 2.09. The third-order valence-electron chi connectivity index (χ3n) is 2.23. The van der Waals surface area contributed by atoms with E-state index in [0.717, 1.165) is 5.75 Å². The fourth-order valence-electron chi connectivity index (χ4n) is 1.62. The maximum atomic E-state index is 5.31. The molecule has 0 saturated carbocycles. The van der Waals surface area contributed by atoms with Crippen molar-refractivity contribution in [3.05, 3.63) is 28.8 Å². The van der Waals surface area contributed by atoms with E-state index in [0.29, 0.717) is 0 Å². The van der Waals surface area contributed by atoms with Gasteiger partial charge < -0.3 is 10.1 Å². The van der Waals surface area contributed by atoms with Crippen molar-refractivity contribution in [3.63, 3.8) is 0 Å². The van der Waals surface area contributed by atoms with Crippen molar-refractivity contribution in [2.45, 2.75) is 18.8 Å². The van der Waals surface area contributed by atoms with Gasteiger partial charge in [-0.05, 0) is 49.7 Å². The van der Waals surface area contributed by atoms with Crippen molar-refractivity contribution in [2.24, 2.45) is 0 Å². The highest BCUT2D eigenvalue weighted by atomic mass is 79.9. The first kappa shape index (κ1) is 11.5. The third-order valence-corrected chi connectivity index (χ3v) is 3.22. The smallest absolute Gasteiger partial charge is 0.124 e. The van der Waals surface area contributed by atoms with Gasteiger partial charge in [0.05, 0.1) is 12.1 Å². The summed E-state index contributed by atoms with van der Waals surface area (Å²) in [6, 6.07) is 4.25. The van der Waals surface area contributed by atoms with Crippen molar-refractivity contribution in [1.29, 1.82) is 0 Å². The largest absolute Gasteiger partial charge is 0.496 e. The quantitative estimate of drug-likeness (QED) is 0.664. The SMILES string of the molecule is CNC(Br)c1cc(C)c(OC)c(C)c1. The van der Waals surface area contributed by atoms with Crippen LogP contribution < -0.4 is 10.1 Å². The van der Waals surface area contributed by atoms with Crippen LogP contribution in [0.2, 0.25) is 0 Å². The Morgan fingerprint density at radius 1 is 1.29 bits per heavy atom. The van der Waals surface area contributed by atoms with Gasteiger partial charge >= 0.3 is 0 Å². The van der Waals surface area contributed by atoms with Gasteiger partial charge in [0.15, 0.2) is 0 Å². The van der Waals surface area contributed by atoms with Crippen LogP contribution in [-0.2, 0) is 0 Å². The lowest BCUT2D eigenvalue weighted by atomic mass is 10.1. The summed E-state index contributed by atoms with van der Waals surface area (Å²) in [5.74, 6) is 0.976. The highest BCUT2D eigenvalue weighted by molar-refractivity contribution is 9.09. The summed E-state index contributed by atoms with van der Waals surface area (Å²) >= 11 is 3.55. The summed E-state index contributed by atoms with van der Waals surface area (Å²) in [5, 5.41) is 3.15. The molecule has 0 bridgehead atoms. The first-order valence-corrected chi connectivity index (χ1v) is 5.48. The molecule has 0 aliphatic carbocycles. The Hall–Kier alpha value is -0.540. The number of methoxy groups -OCH3 is 1. The molecule has 0 radical (unpaired) electrons. The van der Waals surface area contributed by atoms with Crippen LogP contribution in [0.3, 0.4) is 0 Å². The standard InChI is InChI=1S/C11H16BrNO/c1-7-5-9(11(12)13-3)6-8(2)10(7)14-4/h5-6,11,13H,1-4H3. The van der Waals surface area contributed by atoms with E-state index in [4.69, 9.17) is 4.74 Å². The number of aryl methyl sites for hydroxylation is 2. The topological polar surface area (TPSA) is 21.3 Å². The monoisotopic (exact) mass is 257 g/mol. The molecule has 1 atom stereocenters. The molecule has 1 aromatic rings. The molecule has 2 nitrogen and oxygen atoms in total. The van der Waals surface area contributed by atoms with Gasteiger partial charge in [-0.2, -0.15) is 0 Å². The number of ether oxygens (including phenoxy) is 1. The molecule has 0 spiro atoms. The second-order valence-corrected chi connectivity index (χ2v) is 4.25. The van der Waals surface area contributed by atoms with Crippen molar-refractivity contribution < 1.29 is 4.74 Å². The van der Waals surface area contributed by atoms with Crippen LogP contribution in [-0.4, -0.2) is 14.2 Å². The van der Waals surface area contributed by atoms with Gasteiger partial charge in [0.2, 0.25) is 0 Å². The predicted octanol–water partition coefficient (Wildman–Crippen LogP) is 2.92. The zero-order chi connectivity index (χ0) is 10.7. The van der Waals surface area contributed by atoms with E-state index < -0.39 is 0 Å². The Labute approximate surface area is 93.8 Å². The fraction of sp³-hybridized carbons (Fsp3) is 0.455. The second-order valence-electron chi connectivity index (χ2n) is 3.34. The van der Waals surface area contributed by atoms with Gasteiger partial charge in [-0.15, -0.1) is 0 Å². The minimum Gasteiger partial charge on any atom is -0.496 e. The first-order chi connectivity index (χ1) is 6.60. The van der Waals surface area contributed by atoms with Crippen LogP contribution in [0.1, 0.15) is 21.6 Å². The Morgan fingerprint density at radius 2 is 1.79 bits per heavy atom. The number of nitrogens with one attached hydrogen (secondary N) is 1. The first-order valence-electron chi connectivity index (χ1n) is 4.56. The second kappa shape index (κ2) is 4.80. The Morgan fingerprint density at radius 3 is 2.14 bits per heavy atom. The van der Waals surface area contributed by atoms with Crippen LogP contribution >= 0.6 is 15.9 Å². The molecule has 1 N–H and O–H groups in total. The molecule has 3 heteroatoms. The number of alkyl halides is 1. The number of hydrogen-bond acceptors (Lipinski definition) is 2. The van der Waals surface area contributed by atoms with E-state index in [2.05, 4.69) is 47.2 Å². The van der Waals surface area contributed by atoms with E-state index in [1.54, 1.807) is 7.11 Å². The number of benzene rings is 1. The summed E-state index contributed by atoms with van der Waals surface area (Å²) in [6.07, 6.45) is 0. The van der Waals surface area contributed by atoms with Gasteiger partial charge in [0, 0.05) is 0 Å². The van der Waals surface area contributed by atoms with Crippen LogP contribution in [0.15, 0.2) is 12.1 Å². The van der Waals surface area contributed by atoms with Crippen LogP contribution in [0.25, 0.3) is 0 Å². The molecular formula is C11H16BrNO. The van der Waals surface area contributed by atoms with Gasteiger partial charge in [-0.25, -0.2) is 0 Å². The molecule has 0 aliphatic heterocycles. The molecule has 0 heterocycles. The summed E-state index contributed by atoms with van der Waals surface area (Å²) in [4.78, 5) is 0.200. The Kier molecular flexibility index (Phi) is 3.96. The number of hydrogen-bond donors (Lipinski definition) is 1. The summed E-state index contributed by atoms with van der Waals surface area (Å²) in [7, 11) is 3.63. The van der Waals surface area contributed by atoms with Crippen molar-refractivity contribution in [1.82, 2.24) is 5.32 Å². The van der Waals surface area contributed by atoms with Gasteiger partial charge in [-0.3, -0.25) is 0 Å². The van der Waals surface area contributed by atoms with E-state index in [1.807, 2.05) is 7.05 Å². The molecule has 1 unspecified atom stereocenters. The maximum Gasteiger partial charge on any atom is 0.124 e. The van der Waals surface area contributed by atoms with Gasteiger partial charge in [0.1, 0.15) is 5.75 Å². The molecule has 78 valence electrons. The molecular weight excluding hydrogens is 242 g/mol. The van der Waals surface area contributed by atoms with E-state index in [1.165, 1.54) is 16.7 Å². The third kappa shape index (κ3) is 2.28. The highest BCUT2D eigenvalue weighted by Crippen LogP contribution is 2.29. The van der Waals surface area contributed by atoms with Crippen LogP contribution in [0.5, 0.6) is 5.75 Å². The lowest BCUT2D eigenvalue weighted by molar-refractivity contribution is 0.408. The number of rotatable bonds is 3. The predicted molar refractivity (Wildman–Crippen MR) is 63.2 cm³/mol. The van der Waals surface area contributed by atoms with Gasteiger partial charge in [0.25, 0.3) is 0 Å². The maximum absolute atomic E-state index is 5.31. The summed E-state index contributed by atoms with van der Waals surface area (Å²) in [6.45, 7) is 4.12. The molecule has 14 heavy (non-hydrogen) atoms. The molecule has 0 fully saturated rings. The molecule has 1 rings (SSSR count). The fourth-order valence-corrected chi connectivity index (χ4v) is 1.88. The van der Waals surface area contributed by atoms with Crippen molar-refractivity contribution in [3.8, 4) is 5.75 Å². The summed E-state index contributed by atoms with van der Waals surface area (Å²) < 4.78 is 5.31. The molecule has 0 aromatic heterocycles. The van der Waals surface area contributed by atoms with Crippen LogP contribution in [0, 0.1) is 13.8 Å². The Balaban J connectivity index is 3.13. The zero-order valence-corrected chi connectivity index (χ0v) is 10.6. The average molecular weight is 258 g/mol. The lowest BCUT2D eigenvalue weighted by Crippen LogP contribution is -2.10. The normalized spacial score (nSPS) is 12.6. The van der Waals surface area contributed by atoms with Crippen molar-refractivity contribution >= 4 is 15.9 Å². The molecule has 0 saturated heterocycles. The van der Waals surface area contributed by atoms with E-state index >= 15 is 0 Å². The van der Waals surface area contributed by atoms with Gasteiger partial charge in [-0.1, -0.05) is 15.9 Å². The number of halogens is 1.